The van der Waals surface area contributed by atoms with Crippen LogP contribution in [-0.2, 0) is 4.79 Å². The van der Waals surface area contributed by atoms with Gasteiger partial charge in [0.05, 0.1) is 5.92 Å². The zero-order valence-electron chi connectivity index (χ0n) is 17.5. The lowest BCUT2D eigenvalue weighted by atomic mass is 10.1. The molecule has 1 atom stereocenters. The molecule has 8 nitrogen and oxygen atoms in total. The second-order valence-corrected chi connectivity index (χ2v) is 7.58. The number of benzene rings is 3. The molecule has 1 N–H and O–H groups in total. The second kappa shape index (κ2) is 8.96. The summed E-state index contributed by atoms with van der Waals surface area (Å²) in [5.41, 5.74) is 1.21. The number of carbonyl (C=O) groups is 2. The first-order chi connectivity index (χ1) is 16.2. The maximum atomic E-state index is 12.7. The first-order valence-corrected chi connectivity index (χ1v) is 10.5. The van der Waals surface area contributed by atoms with E-state index < -0.39 is 5.91 Å². The van der Waals surface area contributed by atoms with E-state index in [1.54, 1.807) is 29.2 Å². The molecule has 1 aliphatic heterocycles. The largest absolute Gasteiger partial charge is 0.457 e. The Morgan fingerprint density at radius 1 is 0.939 bits per heavy atom. The van der Waals surface area contributed by atoms with Crippen LogP contribution in [0.5, 0.6) is 11.5 Å². The molecule has 33 heavy (non-hydrogen) atoms. The fourth-order valence-corrected chi connectivity index (χ4v) is 3.68. The van der Waals surface area contributed by atoms with Gasteiger partial charge in [-0.25, -0.2) is 0 Å². The molecule has 1 unspecified atom stereocenters. The molecule has 164 valence electrons. The van der Waals surface area contributed by atoms with Crippen molar-refractivity contribution in [3.63, 3.8) is 0 Å². The van der Waals surface area contributed by atoms with E-state index >= 15 is 0 Å². The fraction of sp³-hybridized carbons (Fsp3) is 0.120. The van der Waals surface area contributed by atoms with E-state index in [0.29, 0.717) is 29.5 Å². The van der Waals surface area contributed by atoms with Crippen LogP contribution < -0.4 is 15.0 Å². The minimum absolute atomic E-state index is 0.00906. The molecule has 3 aromatic carbocycles. The first kappa shape index (κ1) is 20.4. The molecule has 0 aliphatic carbocycles. The summed E-state index contributed by atoms with van der Waals surface area (Å²) in [5, 5.41) is 10.6. The van der Waals surface area contributed by atoms with Crippen molar-refractivity contribution in [3.8, 4) is 11.5 Å². The smallest absolute Gasteiger partial charge is 0.322 e. The van der Waals surface area contributed by atoms with Crippen molar-refractivity contribution >= 4 is 23.5 Å². The zero-order valence-corrected chi connectivity index (χ0v) is 17.5. The second-order valence-electron chi connectivity index (χ2n) is 7.58. The number of aromatic nitrogens is 2. The number of anilines is 2. The summed E-state index contributed by atoms with van der Waals surface area (Å²) in [6, 6.07) is 25.5. The Morgan fingerprint density at radius 3 is 2.45 bits per heavy atom. The van der Waals surface area contributed by atoms with Crippen LogP contribution in [-0.4, -0.2) is 28.6 Å². The first-order valence-electron chi connectivity index (χ1n) is 10.5. The number of nitrogens with one attached hydrogen (secondary N) is 1. The van der Waals surface area contributed by atoms with Crippen LogP contribution >= 0.6 is 0 Å². The minimum Gasteiger partial charge on any atom is -0.457 e. The molecule has 8 heteroatoms. The van der Waals surface area contributed by atoms with E-state index in [1.165, 1.54) is 0 Å². The van der Waals surface area contributed by atoms with Gasteiger partial charge in [-0.2, -0.15) is 0 Å². The molecule has 2 amide bonds. The molecule has 0 radical (unpaired) electrons. The monoisotopic (exact) mass is 440 g/mol. The van der Waals surface area contributed by atoms with Crippen molar-refractivity contribution in [2.45, 2.75) is 12.3 Å². The van der Waals surface area contributed by atoms with Crippen LogP contribution in [0.25, 0.3) is 0 Å². The van der Waals surface area contributed by atoms with Crippen molar-refractivity contribution in [1.82, 2.24) is 10.2 Å². The maximum absolute atomic E-state index is 12.7. The van der Waals surface area contributed by atoms with Gasteiger partial charge in [0.2, 0.25) is 11.8 Å². The molecule has 0 saturated carbocycles. The van der Waals surface area contributed by atoms with Crippen molar-refractivity contribution in [3.05, 3.63) is 96.4 Å². The lowest BCUT2D eigenvalue weighted by Gasteiger charge is -2.15. The molecule has 1 aromatic heterocycles. The standard InChI is InChI=1S/C25H20N4O4/c30-22-15-18(16-29(22)19-9-3-1-4-10-19)24-27-28-25(33-24)26-23(31)17-8-7-13-21(14-17)32-20-11-5-2-6-12-20/h1-14,18H,15-16H2,(H,26,28,31). The van der Waals surface area contributed by atoms with Gasteiger partial charge in [-0.05, 0) is 42.5 Å². The van der Waals surface area contributed by atoms with Crippen LogP contribution in [0.4, 0.5) is 11.7 Å². The Labute approximate surface area is 189 Å². The van der Waals surface area contributed by atoms with Gasteiger partial charge in [-0.3, -0.25) is 14.9 Å². The number of nitrogens with zero attached hydrogens (tertiary/aromatic N) is 3. The Hall–Kier alpha value is -4.46. The highest BCUT2D eigenvalue weighted by molar-refractivity contribution is 6.03. The Balaban J connectivity index is 1.24. The third kappa shape index (κ3) is 4.59. The predicted molar refractivity (Wildman–Crippen MR) is 121 cm³/mol. The molecular formula is C25H20N4O4. The van der Waals surface area contributed by atoms with Crippen molar-refractivity contribution in [1.29, 1.82) is 0 Å². The molecule has 4 aromatic rings. The predicted octanol–water partition coefficient (Wildman–Crippen LogP) is 4.63. The van der Waals surface area contributed by atoms with E-state index in [0.717, 1.165) is 5.69 Å². The van der Waals surface area contributed by atoms with Crippen LogP contribution in [0.2, 0.25) is 0 Å². The molecule has 1 fully saturated rings. The quantitative estimate of drug-likeness (QED) is 0.469. The molecule has 1 aliphatic rings. The summed E-state index contributed by atoms with van der Waals surface area (Å²) < 4.78 is 11.4. The number of para-hydroxylation sites is 2. The minimum atomic E-state index is -0.405. The van der Waals surface area contributed by atoms with Crippen molar-refractivity contribution in [2.75, 3.05) is 16.8 Å². The number of carbonyl (C=O) groups excluding carboxylic acids is 2. The van der Waals surface area contributed by atoms with Crippen LogP contribution in [0.15, 0.2) is 89.3 Å². The van der Waals surface area contributed by atoms with Gasteiger partial charge in [0.15, 0.2) is 0 Å². The third-order valence-electron chi connectivity index (χ3n) is 5.28. The van der Waals surface area contributed by atoms with Gasteiger partial charge in [0.25, 0.3) is 5.91 Å². The van der Waals surface area contributed by atoms with Gasteiger partial charge < -0.3 is 14.1 Å². The summed E-state index contributed by atoms with van der Waals surface area (Å²) in [5.74, 6) is 0.872. The SMILES string of the molecule is O=C(Nc1nnc(C2CC(=O)N(c3ccccc3)C2)o1)c1cccc(Oc2ccccc2)c1. The summed E-state index contributed by atoms with van der Waals surface area (Å²) in [4.78, 5) is 26.8. The number of hydrogen-bond acceptors (Lipinski definition) is 6. The molecule has 2 heterocycles. The topological polar surface area (TPSA) is 97.6 Å². The van der Waals surface area contributed by atoms with Gasteiger partial charge in [-0.15, -0.1) is 5.10 Å². The molecule has 0 bridgehead atoms. The molecule has 0 spiro atoms. The average Bonchev–Trinajstić information content (AvgIpc) is 3.47. The Kier molecular flexibility index (Phi) is 5.55. The van der Waals surface area contributed by atoms with Crippen molar-refractivity contribution < 1.29 is 18.7 Å². The number of rotatable bonds is 6. The zero-order chi connectivity index (χ0) is 22.6. The van der Waals surface area contributed by atoms with Gasteiger partial charge in [0.1, 0.15) is 11.5 Å². The van der Waals surface area contributed by atoms with Gasteiger partial charge in [-0.1, -0.05) is 47.6 Å². The highest BCUT2D eigenvalue weighted by Crippen LogP contribution is 2.31. The molecule has 1 saturated heterocycles. The van der Waals surface area contributed by atoms with Crippen LogP contribution in [0, 0.1) is 0 Å². The van der Waals surface area contributed by atoms with Gasteiger partial charge in [0, 0.05) is 24.2 Å². The van der Waals surface area contributed by atoms with Crippen LogP contribution in [0.3, 0.4) is 0 Å². The number of ether oxygens (including phenoxy) is 1. The summed E-state index contributed by atoms with van der Waals surface area (Å²) >= 11 is 0. The maximum Gasteiger partial charge on any atom is 0.322 e. The van der Waals surface area contributed by atoms with E-state index in [9.17, 15) is 9.59 Å². The fourth-order valence-electron chi connectivity index (χ4n) is 3.68. The van der Waals surface area contributed by atoms with E-state index in [2.05, 4.69) is 15.5 Å². The number of hydrogen-bond donors (Lipinski definition) is 1. The normalized spacial score (nSPS) is 15.5. The van der Waals surface area contributed by atoms with Crippen molar-refractivity contribution in [2.24, 2.45) is 0 Å². The average molecular weight is 440 g/mol. The highest BCUT2D eigenvalue weighted by Gasteiger charge is 2.35. The Morgan fingerprint density at radius 2 is 1.67 bits per heavy atom. The van der Waals surface area contributed by atoms with E-state index in [1.807, 2.05) is 60.7 Å². The number of amides is 2. The summed E-state index contributed by atoms with van der Waals surface area (Å²) in [6.07, 6.45) is 0.267. The Bertz CT molecular complexity index is 1270. The lowest BCUT2D eigenvalue weighted by Crippen LogP contribution is -2.24. The highest BCUT2D eigenvalue weighted by atomic mass is 16.5. The lowest BCUT2D eigenvalue weighted by molar-refractivity contribution is -0.117. The van der Waals surface area contributed by atoms with E-state index in [4.69, 9.17) is 9.15 Å². The molecule has 5 rings (SSSR count). The molecular weight excluding hydrogens is 420 g/mol. The summed E-state index contributed by atoms with van der Waals surface area (Å²) in [7, 11) is 0. The van der Waals surface area contributed by atoms with Crippen LogP contribution in [0.1, 0.15) is 28.6 Å². The third-order valence-corrected chi connectivity index (χ3v) is 5.28. The van der Waals surface area contributed by atoms with Gasteiger partial charge >= 0.3 is 6.01 Å². The summed E-state index contributed by atoms with van der Waals surface area (Å²) in [6.45, 7) is 0.442. The van der Waals surface area contributed by atoms with E-state index in [-0.39, 0.29) is 24.3 Å².